The average Bonchev–Trinajstić information content (AvgIpc) is 3.70. The van der Waals surface area contributed by atoms with E-state index in [1.165, 1.54) is 6.20 Å². The molecule has 13 heteroatoms. The maximum atomic E-state index is 13.8. The van der Waals surface area contributed by atoms with Gasteiger partial charge in [-0.3, -0.25) is 10.2 Å². The fourth-order valence-electron chi connectivity index (χ4n) is 4.45. The van der Waals surface area contributed by atoms with Crippen molar-refractivity contribution >= 4 is 31.7 Å². The van der Waals surface area contributed by atoms with Gasteiger partial charge < -0.3 is 28.7 Å². The van der Waals surface area contributed by atoms with E-state index >= 15 is 0 Å². The van der Waals surface area contributed by atoms with E-state index in [1.54, 1.807) is 18.1 Å². The van der Waals surface area contributed by atoms with Crippen LogP contribution in [0.25, 0.3) is 0 Å². The summed E-state index contributed by atoms with van der Waals surface area (Å²) >= 11 is 0. The summed E-state index contributed by atoms with van der Waals surface area (Å²) in [5, 5.41) is 15.6. The molecule has 2 N–H and O–H groups in total. The number of aromatic nitrogens is 2. The Hall–Kier alpha value is -3.12. The van der Waals surface area contributed by atoms with Crippen LogP contribution < -0.4 is 15.5 Å². The highest BCUT2D eigenvalue weighted by atomic mass is 28.4. The minimum Gasteiger partial charge on any atom is -0.412 e. The van der Waals surface area contributed by atoms with Crippen LogP contribution in [-0.2, 0) is 30.0 Å². The van der Waals surface area contributed by atoms with Gasteiger partial charge in [0.05, 0.1) is 44.3 Å². The van der Waals surface area contributed by atoms with Gasteiger partial charge in [0, 0.05) is 50.6 Å². The standard InChI is InChI=1S/C30H44N6O6Si/c1-30(2,3)43(5,6)42-20-22-7-8-26(35-27(22)28-40-13-14-41-28)36(18-21-9-11-39-19-21)29(37)34-25-15-24(32-10-12-38-4)23(16-31)17-33-25/h7-8,15,17,21,28H,9-14,18-20H2,1-6H3,(H2,32,33,34,37). The van der Waals surface area contributed by atoms with Gasteiger partial charge in [-0.15, -0.1) is 0 Å². The van der Waals surface area contributed by atoms with Crippen LogP contribution in [0.2, 0.25) is 18.1 Å². The quantitative estimate of drug-likeness (QED) is 0.247. The lowest BCUT2D eigenvalue weighted by atomic mass is 10.1. The highest BCUT2D eigenvalue weighted by Gasteiger charge is 2.38. The van der Waals surface area contributed by atoms with Crippen molar-refractivity contribution in [3.05, 3.63) is 41.2 Å². The normalized spacial score (nSPS) is 17.6. The van der Waals surface area contributed by atoms with E-state index in [2.05, 4.69) is 55.6 Å². The summed E-state index contributed by atoms with van der Waals surface area (Å²) in [6.07, 6.45) is 1.63. The lowest BCUT2D eigenvalue weighted by molar-refractivity contribution is -0.0484. The van der Waals surface area contributed by atoms with Gasteiger partial charge in [-0.2, -0.15) is 5.26 Å². The molecule has 0 bridgehead atoms. The van der Waals surface area contributed by atoms with E-state index in [0.29, 0.717) is 81.3 Å². The van der Waals surface area contributed by atoms with Crippen molar-refractivity contribution in [1.82, 2.24) is 9.97 Å². The largest absolute Gasteiger partial charge is 0.412 e. The molecule has 2 fully saturated rings. The van der Waals surface area contributed by atoms with Crippen molar-refractivity contribution in [2.24, 2.45) is 5.92 Å². The predicted molar refractivity (Wildman–Crippen MR) is 165 cm³/mol. The van der Waals surface area contributed by atoms with Crippen molar-refractivity contribution in [3.8, 4) is 6.07 Å². The molecule has 234 valence electrons. The zero-order valence-corrected chi connectivity index (χ0v) is 27.1. The number of carbonyl (C=O) groups is 1. The number of methoxy groups -OCH3 is 1. The van der Waals surface area contributed by atoms with Crippen LogP contribution in [0.1, 0.15) is 50.3 Å². The zero-order chi connectivity index (χ0) is 31.0. The second-order valence-electron chi connectivity index (χ2n) is 12.3. The first kappa shape index (κ1) is 32.8. The van der Waals surface area contributed by atoms with E-state index < -0.39 is 20.6 Å². The maximum Gasteiger partial charge on any atom is 0.328 e. The molecule has 0 aromatic carbocycles. The van der Waals surface area contributed by atoms with Gasteiger partial charge >= 0.3 is 6.03 Å². The number of hydrogen-bond acceptors (Lipinski definition) is 10. The Morgan fingerprint density at radius 1 is 1.23 bits per heavy atom. The second-order valence-corrected chi connectivity index (χ2v) is 17.1. The van der Waals surface area contributed by atoms with Crippen molar-refractivity contribution in [2.45, 2.75) is 58.2 Å². The molecule has 2 aromatic heterocycles. The second kappa shape index (κ2) is 14.6. The van der Waals surface area contributed by atoms with Crippen LogP contribution in [0.4, 0.5) is 22.1 Å². The van der Waals surface area contributed by atoms with E-state index in [-0.39, 0.29) is 11.0 Å². The Labute approximate surface area is 255 Å². The number of ether oxygens (including phenoxy) is 4. The van der Waals surface area contributed by atoms with Crippen molar-refractivity contribution < 1.29 is 28.2 Å². The summed E-state index contributed by atoms with van der Waals surface area (Å²) in [5.41, 5.74) is 2.40. The number of urea groups is 1. The molecule has 1 unspecified atom stereocenters. The molecule has 2 aromatic rings. The summed E-state index contributed by atoms with van der Waals surface area (Å²) in [4.78, 5) is 24.7. The molecule has 0 aliphatic carbocycles. The van der Waals surface area contributed by atoms with Gasteiger partial charge in [0.15, 0.2) is 8.32 Å². The number of anilines is 3. The molecule has 4 rings (SSSR count). The molecule has 0 spiro atoms. The molecule has 12 nitrogen and oxygen atoms in total. The number of nitrogens with one attached hydrogen (secondary N) is 2. The van der Waals surface area contributed by atoms with Crippen molar-refractivity contribution in [2.75, 3.05) is 68.8 Å². The van der Waals surface area contributed by atoms with Crippen LogP contribution in [0.5, 0.6) is 0 Å². The summed E-state index contributed by atoms with van der Waals surface area (Å²) in [5.74, 6) is 0.914. The minimum atomic E-state index is -2.03. The summed E-state index contributed by atoms with van der Waals surface area (Å²) in [6, 6.07) is 7.14. The predicted octanol–water partition coefficient (Wildman–Crippen LogP) is 5.05. The van der Waals surface area contributed by atoms with Crippen LogP contribution in [0.3, 0.4) is 0 Å². The summed E-state index contributed by atoms with van der Waals surface area (Å²) in [7, 11) is -0.426. The highest BCUT2D eigenvalue weighted by molar-refractivity contribution is 6.74. The number of amides is 2. The smallest absolute Gasteiger partial charge is 0.328 e. The van der Waals surface area contributed by atoms with E-state index in [0.717, 1.165) is 12.0 Å². The number of rotatable bonds is 12. The molecule has 43 heavy (non-hydrogen) atoms. The molecule has 4 heterocycles. The minimum absolute atomic E-state index is 0.0533. The van der Waals surface area contributed by atoms with Crippen LogP contribution >= 0.6 is 0 Å². The third-order valence-electron chi connectivity index (χ3n) is 8.10. The third-order valence-corrected chi connectivity index (χ3v) is 12.6. The molecule has 0 radical (unpaired) electrons. The van der Waals surface area contributed by atoms with E-state index in [9.17, 15) is 10.1 Å². The Bertz CT molecular complexity index is 1280. The number of pyridine rings is 2. The van der Waals surface area contributed by atoms with Crippen molar-refractivity contribution in [1.29, 1.82) is 5.26 Å². The van der Waals surface area contributed by atoms with Gasteiger partial charge in [-0.1, -0.05) is 26.8 Å². The zero-order valence-electron chi connectivity index (χ0n) is 26.1. The first-order valence-electron chi connectivity index (χ1n) is 14.7. The first-order chi connectivity index (χ1) is 20.5. The molecule has 2 aliphatic heterocycles. The monoisotopic (exact) mass is 612 g/mol. The van der Waals surface area contributed by atoms with E-state index in [1.807, 2.05) is 12.1 Å². The fraction of sp³-hybridized carbons (Fsp3) is 0.600. The first-order valence-corrected chi connectivity index (χ1v) is 17.6. The average molecular weight is 613 g/mol. The summed E-state index contributed by atoms with van der Waals surface area (Å²) < 4.78 is 28.9. The SMILES string of the molecule is COCCNc1cc(NC(=O)N(CC2CCOC2)c2ccc(CO[Si](C)(C)C(C)(C)C)c(C3OCCO3)n2)ncc1C#N. The topological polar surface area (TPSA) is 140 Å². The van der Waals surface area contributed by atoms with Crippen LogP contribution in [-0.4, -0.2) is 77.6 Å². The Kier molecular flexibility index (Phi) is 11.1. The fourth-order valence-corrected chi connectivity index (χ4v) is 5.40. The molecule has 2 aliphatic rings. The number of hydrogen-bond donors (Lipinski definition) is 2. The van der Waals surface area contributed by atoms with Gasteiger partial charge in [0.2, 0.25) is 6.29 Å². The maximum absolute atomic E-state index is 13.8. The molecule has 0 saturated carbocycles. The Balaban J connectivity index is 1.62. The van der Waals surface area contributed by atoms with Gasteiger partial charge in [-0.05, 0) is 30.6 Å². The summed E-state index contributed by atoms with van der Waals surface area (Å²) in [6.45, 7) is 14.9. The highest BCUT2D eigenvalue weighted by Crippen LogP contribution is 2.38. The Morgan fingerprint density at radius 3 is 2.65 bits per heavy atom. The molecule has 2 amide bonds. The van der Waals surface area contributed by atoms with Gasteiger partial charge in [0.1, 0.15) is 23.4 Å². The lowest BCUT2D eigenvalue weighted by Crippen LogP contribution is -2.41. The molecule has 2 saturated heterocycles. The van der Waals surface area contributed by atoms with Crippen molar-refractivity contribution in [3.63, 3.8) is 0 Å². The van der Waals surface area contributed by atoms with E-state index in [4.69, 9.17) is 28.4 Å². The number of nitriles is 1. The molecular weight excluding hydrogens is 568 g/mol. The Morgan fingerprint density at radius 2 is 2.00 bits per heavy atom. The number of carbonyl (C=O) groups excluding carboxylic acids is 1. The third kappa shape index (κ3) is 8.50. The van der Waals surface area contributed by atoms with Gasteiger partial charge in [-0.25, -0.2) is 14.8 Å². The van der Waals surface area contributed by atoms with Crippen LogP contribution in [0, 0.1) is 17.2 Å². The molecular formula is C30H44N6O6Si. The van der Waals surface area contributed by atoms with Gasteiger partial charge in [0.25, 0.3) is 0 Å². The lowest BCUT2D eigenvalue weighted by Gasteiger charge is -2.36. The van der Waals surface area contributed by atoms with Crippen LogP contribution in [0.15, 0.2) is 24.4 Å². The number of nitrogens with zero attached hydrogens (tertiary/aromatic N) is 4. The molecule has 1 atom stereocenters.